The molecule has 1 N–H and O–H groups in total. The molecule has 116 valence electrons. The highest BCUT2D eigenvalue weighted by atomic mass is 16.5. The van der Waals surface area contributed by atoms with Gasteiger partial charge in [-0.15, -0.1) is 0 Å². The minimum absolute atomic E-state index is 0.803. The Balaban J connectivity index is 1.52. The van der Waals surface area contributed by atoms with Crippen LogP contribution in [0.25, 0.3) is 0 Å². The molecule has 2 heterocycles. The van der Waals surface area contributed by atoms with Gasteiger partial charge in [-0.25, -0.2) is 0 Å². The average molecular weight is 297 g/mol. The van der Waals surface area contributed by atoms with E-state index in [1.165, 1.54) is 16.8 Å². The van der Waals surface area contributed by atoms with E-state index in [2.05, 4.69) is 52.5 Å². The molecule has 0 aliphatic carbocycles. The smallest absolute Gasteiger partial charge is 0.0642 e. The Morgan fingerprint density at radius 3 is 2.59 bits per heavy atom. The van der Waals surface area contributed by atoms with E-state index in [9.17, 15) is 0 Å². The SMILES string of the molecule is Cc1cccnc1CNCc1ccc(N2CCOCC2)cc1. The molecule has 3 rings (SSSR count). The van der Waals surface area contributed by atoms with Crippen molar-refractivity contribution in [3.63, 3.8) is 0 Å². The van der Waals surface area contributed by atoms with Crippen molar-refractivity contribution in [3.05, 3.63) is 59.4 Å². The van der Waals surface area contributed by atoms with E-state index >= 15 is 0 Å². The van der Waals surface area contributed by atoms with Gasteiger partial charge in [0.05, 0.1) is 18.9 Å². The van der Waals surface area contributed by atoms with Crippen LogP contribution in [-0.4, -0.2) is 31.3 Å². The van der Waals surface area contributed by atoms with Crippen molar-refractivity contribution in [1.82, 2.24) is 10.3 Å². The van der Waals surface area contributed by atoms with E-state index in [4.69, 9.17) is 4.74 Å². The third-order valence-electron chi connectivity index (χ3n) is 4.05. The molecule has 1 aliphatic rings. The molecule has 1 fully saturated rings. The number of benzene rings is 1. The number of rotatable bonds is 5. The molecule has 4 heteroatoms. The fourth-order valence-corrected chi connectivity index (χ4v) is 2.67. The summed E-state index contributed by atoms with van der Waals surface area (Å²) in [5.41, 5.74) is 4.93. The van der Waals surface area contributed by atoms with Crippen LogP contribution in [0.1, 0.15) is 16.8 Å². The standard InChI is InChI=1S/C18H23N3O/c1-15-3-2-8-20-18(15)14-19-13-16-4-6-17(7-5-16)21-9-11-22-12-10-21/h2-8,19H,9-14H2,1H3. The first-order valence-electron chi connectivity index (χ1n) is 7.86. The van der Waals surface area contributed by atoms with Crippen LogP contribution in [0.5, 0.6) is 0 Å². The zero-order valence-corrected chi connectivity index (χ0v) is 13.1. The summed E-state index contributed by atoms with van der Waals surface area (Å²) in [5, 5.41) is 3.46. The summed E-state index contributed by atoms with van der Waals surface area (Å²) in [6.45, 7) is 7.38. The lowest BCUT2D eigenvalue weighted by Gasteiger charge is -2.28. The molecule has 0 spiro atoms. The Bertz CT molecular complexity index is 592. The van der Waals surface area contributed by atoms with Gasteiger partial charge in [0, 0.05) is 38.1 Å². The van der Waals surface area contributed by atoms with Crippen molar-refractivity contribution in [2.45, 2.75) is 20.0 Å². The van der Waals surface area contributed by atoms with Gasteiger partial charge in [-0.2, -0.15) is 0 Å². The highest BCUT2D eigenvalue weighted by Crippen LogP contribution is 2.16. The lowest BCUT2D eigenvalue weighted by molar-refractivity contribution is 0.122. The molecule has 22 heavy (non-hydrogen) atoms. The minimum atomic E-state index is 0.803. The number of hydrogen-bond donors (Lipinski definition) is 1. The number of pyridine rings is 1. The number of ether oxygens (including phenoxy) is 1. The predicted molar refractivity (Wildman–Crippen MR) is 89.0 cm³/mol. The maximum absolute atomic E-state index is 5.39. The summed E-state index contributed by atoms with van der Waals surface area (Å²) in [5.74, 6) is 0. The highest BCUT2D eigenvalue weighted by Gasteiger charge is 2.10. The molecule has 0 atom stereocenters. The fraction of sp³-hybridized carbons (Fsp3) is 0.389. The normalized spacial score (nSPS) is 15.0. The molecule has 0 bridgehead atoms. The zero-order chi connectivity index (χ0) is 15.2. The van der Waals surface area contributed by atoms with Gasteiger partial charge in [-0.1, -0.05) is 18.2 Å². The Hall–Kier alpha value is -1.91. The van der Waals surface area contributed by atoms with Gasteiger partial charge in [0.2, 0.25) is 0 Å². The predicted octanol–water partition coefficient (Wildman–Crippen LogP) is 2.52. The molecular formula is C18H23N3O. The van der Waals surface area contributed by atoms with Crippen molar-refractivity contribution in [1.29, 1.82) is 0 Å². The molecule has 0 saturated carbocycles. The van der Waals surface area contributed by atoms with Crippen molar-refractivity contribution in [2.24, 2.45) is 0 Å². The summed E-state index contributed by atoms with van der Waals surface area (Å²) in [4.78, 5) is 6.78. The molecule has 4 nitrogen and oxygen atoms in total. The molecule has 1 aromatic heterocycles. The Labute approximate surface area is 132 Å². The Morgan fingerprint density at radius 2 is 1.86 bits per heavy atom. The van der Waals surface area contributed by atoms with Gasteiger partial charge >= 0.3 is 0 Å². The van der Waals surface area contributed by atoms with Crippen molar-refractivity contribution in [3.8, 4) is 0 Å². The van der Waals surface area contributed by atoms with Crippen LogP contribution in [0.4, 0.5) is 5.69 Å². The number of nitrogens with zero attached hydrogens (tertiary/aromatic N) is 2. The zero-order valence-electron chi connectivity index (χ0n) is 13.1. The summed E-state index contributed by atoms with van der Waals surface area (Å²) in [7, 11) is 0. The van der Waals surface area contributed by atoms with E-state index in [0.717, 1.165) is 45.1 Å². The fourth-order valence-electron chi connectivity index (χ4n) is 2.67. The van der Waals surface area contributed by atoms with Gasteiger partial charge in [-0.05, 0) is 36.2 Å². The lowest BCUT2D eigenvalue weighted by Crippen LogP contribution is -2.36. The number of aromatic nitrogens is 1. The molecule has 0 amide bonds. The van der Waals surface area contributed by atoms with Crippen molar-refractivity contribution < 1.29 is 4.74 Å². The number of morpholine rings is 1. The van der Waals surface area contributed by atoms with Crippen LogP contribution >= 0.6 is 0 Å². The molecule has 1 aromatic carbocycles. The van der Waals surface area contributed by atoms with E-state index in [0.29, 0.717) is 0 Å². The highest BCUT2D eigenvalue weighted by molar-refractivity contribution is 5.47. The van der Waals surface area contributed by atoms with Crippen LogP contribution < -0.4 is 10.2 Å². The molecule has 0 radical (unpaired) electrons. The van der Waals surface area contributed by atoms with Crippen molar-refractivity contribution in [2.75, 3.05) is 31.2 Å². The summed E-state index contributed by atoms with van der Waals surface area (Å²) in [6.07, 6.45) is 1.85. The van der Waals surface area contributed by atoms with Crippen LogP contribution in [0.2, 0.25) is 0 Å². The first kappa shape index (κ1) is 15.0. The molecule has 2 aromatic rings. The minimum Gasteiger partial charge on any atom is -0.378 e. The molecule has 1 aliphatic heterocycles. The van der Waals surface area contributed by atoms with Crippen LogP contribution in [0.15, 0.2) is 42.6 Å². The van der Waals surface area contributed by atoms with Crippen molar-refractivity contribution >= 4 is 5.69 Å². The maximum Gasteiger partial charge on any atom is 0.0642 e. The first-order valence-corrected chi connectivity index (χ1v) is 7.86. The van der Waals surface area contributed by atoms with Crippen LogP contribution in [-0.2, 0) is 17.8 Å². The first-order chi connectivity index (χ1) is 10.8. The van der Waals surface area contributed by atoms with E-state index in [1.54, 1.807) is 0 Å². The second kappa shape index (κ2) is 7.38. The Kier molecular flexibility index (Phi) is 5.03. The molecule has 1 saturated heterocycles. The molecular weight excluding hydrogens is 274 g/mol. The summed E-state index contributed by atoms with van der Waals surface area (Å²) < 4.78 is 5.39. The molecule has 0 unspecified atom stereocenters. The number of anilines is 1. The third kappa shape index (κ3) is 3.84. The maximum atomic E-state index is 5.39. The average Bonchev–Trinajstić information content (AvgIpc) is 2.58. The largest absolute Gasteiger partial charge is 0.378 e. The van der Waals surface area contributed by atoms with Crippen LogP contribution in [0, 0.1) is 6.92 Å². The van der Waals surface area contributed by atoms with E-state index in [-0.39, 0.29) is 0 Å². The number of hydrogen-bond acceptors (Lipinski definition) is 4. The monoisotopic (exact) mass is 297 g/mol. The summed E-state index contributed by atoms with van der Waals surface area (Å²) >= 11 is 0. The Morgan fingerprint density at radius 1 is 1.09 bits per heavy atom. The van der Waals surface area contributed by atoms with Gasteiger partial charge in [-0.3, -0.25) is 4.98 Å². The van der Waals surface area contributed by atoms with Gasteiger partial charge in [0.25, 0.3) is 0 Å². The quantitative estimate of drug-likeness (QED) is 0.920. The van der Waals surface area contributed by atoms with E-state index in [1.807, 2.05) is 12.3 Å². The topological polar surface area (TPSA) is 37.4 Å². The second-order valence-electron chi connectivity index (χ2n) is 5.64. The second-order valence-corrected chi connectivity index (χ2v) is 5.64. The van der Waals surface area contributed by atoms with Gasteiger partial charge < -0.3 is 15.0 Å². The number of aryl methyl sites for hydroxylation is 1. The lowest BCUT2D eigenvalue weighted by atomic mass is 10.1. The van der Waals surface area contributed by atoms with Crippen LogP contribution in [0.3, 0.4) is 0 Å². The van der Waals surface area contributed by atoms with Gasteiger partial charge in [0.1, 0.15) is 0 Å². The van der Waals surface area contributed by atoms with Gasteiger partial charge in [0.15, 0.2) is 0 Å². The summed E-state index contributed by atoms with van der Waals surface area (Å²) in [6, 6.07) is 12.9. The third-order valence-corrected chi connectivity index (χ3v) is 4.05. The number of nitrogens with one attached hydrogen (secondary N) is 1. The van der Waals surface area contributed by atoms with E-state index < -0.39 is 0 Å².